The first-order valence-corrected chi connectivity index (χ1v) is 9.12. The molecule has 2 heterocycles. The smallest absolute Gasteiger partial charge is 0.324 e. The monoisotopic (exact) mass is 373 g/mol. The number of urea groups is 1. The minimum atomic E-state index is -1.01. The van der Waals surface area contributed by atoms with Gasteiger partial charge in [0.25, 0.3) is 5.91 Å². The number of hydrogen-bond donors (Lipinski definition) is 1. The Morgan fingerprint density at radius 3 is 2.92 bits per heavy atom. The van der Waals surface area contributed by atoms with Gasteiger partial charge in [0.05, 0.1) is 12.1 Å². The van der Waals surface area contributed by atoms with Crippen molar-refractivity contribution in [3.63, 3.8) is 0 Å². The molecule has 1 saturated heterocycles. The molecule has 0 spiro atoms. The van der Waals surface area contributed by atoms with Gasteiger partial charge in [0, 0.05) is 24.0 Å². The molecule has 1 aliphatic heterocycles. The lowest BCUT2D eigenvalue weighted by Gasteiger charge is -2.17. The third-order valence-corrected chi connectivity index (χ3v) is 4.86. The van der Waals surface area contributed by atoms with E-state index in [0.29, 0.717) is 12.2 Å². The predicted octanol–water partition coefficient (Wildman–Crippen LogP) is 2.14. The molecule has 1 N–H and O–H groups in total. The van der Waals surface area contributed by atoms with Crippen molar-refractivity contribution >= 4 is 29.2 Å². The van der Waals surface area contributed by atoms with E-state index < -0.39 is 24.0 Å². The molecule has 1 aromatic carbocycles. The lowest BCUT2D eigenvalue weighted by molar-refractivity contribution is -0.156. The first kappa shape index (κ1) is 18.1. The number of benzene rings is 1. The number of rotatable bonds is 5. The topological polar surface area (TPSA) is 88.6 Å². The summed E-state index contributed by atoms with van der Waals surface area (Å²) < 4.78 is 5.17. The zero-order valence-corrected chi connectivity index (χ0v) is 15.3. The van der Waals surface area contributed by atoms with E-state index in [2.05, 4.69) is 10.3 Å². The third kappa shape index (κ3) is 4.08. The first-order valence-electron chi connectivity index (χ1n) is 8.24. The normalized spacial score (nSPS) is 14.8. The van der Waals surface area contributed by atoms with Crippen molar-refractivity contribution in [3.05, 3.63) is 40.9 Å². The molecule has 0 saturated carbocycles. The molecule has 0 aliphatic carbocycles. The number of imide groups is 1. The second kappa shape index (κ2) is 7.65. The van der Waals surface area contributed by atoms with Gasteiger partial charge < -0.3 is 10.1 Å². The van der Waals surface area contributed by atoms with Crippen LogP contribution in [0.3, 0.4) is 0 Å². The molecule has 0 radical (unpaired) electrons. The minimum Gasteiger partial charge on any atom is -0.452 e. The Balaban J connectivity index is 1.58. The molecule has 3 amide bonds. The fraction of sp³-hybridized carbons (Fsp3) is 0.333. The number of carbonyl (C=O) groups is 3. The Labute approximate surface area is 155 Å². The van der Waals surface area contributed by atoms with Crippen LogP contribution in [0.1, 0.15) is 18.2 Å². The largest absolute Gasteiger partial charge is 0.452 e. The summed E-state index contributed by atoms with van der Waals surface area (Å²) in [6.07, 6.45) is -1.03. The zero-order chi connectivity index (χ0) is 18.7. The van der Waals surface area contributed by atoms with E-state index >= 15 is 0 Å². The predicted molar refractivity (Wildman–Crippen MR) is 96.7 cm³/mol. The number of nitrogens with one attached hydrogen (secondary N) is 1. The van der Waals surface area contributed by atoms with Crippen LogP contribution in [0.25, 0.3) is 10.6 Å². The lowest BCUT2D eigenvalue weighted by atomic mass is 10.1. The van der Waals surface area contributed by atoms with Crippen LogP contribution in [-0.2, 0) is 20.7 Å². The molecule has 136 valence electrons. The molecule has 26 heavy (non-hydrogen) atoms. The number of nitrogens with zero attached hydrogens (tertiary/aromatic N) is 2. The molecule has 2 aromatic rings. The highest BCUT2D eigenvalue weighted by Gasteiger charge is 2.31. The van der Waals surface area contributed by atoms with E-state index in [9.17, 15) is 14.4 Å². The summed E-state index contributed by atoms with van der Waals surface area (Å²) in [5.41, 5.74) is 2.73. The number of thiazole rings is 1. The van der Waals surface area contributed by atoms with Crippen molar-refractivity contribution in [2.75, 3.05) is 13.1 Å². The van der Waals surface area contributed by atoms with Gasteiger partial charge in [0.1, 0.15) is 5.01 Å². The van der Waals surface area contributed by atoms with Crippen molar-refractivity contribution in [1.29, 1.82) is 0 Å². The minimum absolute atomic E-state index is 0.0217. The van der Waals surface area contributed by atoms with Gasteiger partial charge in [0.15, 0.2) is 6.10 Å². The maximum absolute atomic E-state index is 12.1. The summed E-state index contributed by atoms with van der Waals surface area (Å²) >= 11 is 1.45. The third-order valence-electron chi connectivity index (χ3n) is 3.92. The van der Waals surface area contributed by atoms with E-state index in [1.165, 1.54) is 18.3 Å². The van der Waals surface area contributed by atoms with Crippen LogP contribution in [0.15, 0.2) is 29.6 Å². The van der Waals surface area contributed by atoms with Gasteiger partial charge in [0.2, 0.25) is 0 Å². The highest BCUT2D eigenvalue weighted by atomic mass is 32.1. The molecule has 1 fully saturated rings. The summed E-state index contributed by atoms with van der Waals surface area (Å²) in [5.74, 6) is -1.07. The Kier molecular flexibility index (Phi) is 5.32. The Hall–Kier alpha value is -2.74. The molecular weight excluding hydrogens is 354 g/mol. The van der Waals surface area contributed by atoms with Crippen LogP contribution >= 0.6 is 11.3 Å². The second-order valence-electron chi connectivity index (χ2n) is 6.04. The van der Waals surface area contributed by atoms with Crippen LogP contribution in [0.5, 0.6) is 0 Å². The van der Waals surface area contributed by atoms with Crippen LogP contribution < -0.4 is 5.32 Å². The van der Waals surface area contributed by atoms with Crippen LogP contribution in [0.2, 0.25) is 0 Å². The molecule has 1 aliphatic rings. The maximum atomic E-state index is 12.1. The van der Waals surface area contributed by atoms with Gasteiger partial charge in [-0.05, 0) is 19.9 Å². The highest BCUT2D eigenvalue weighted by molar-refractivity contribution is 7.13. The first-order chi connectivity index (χ1) is 12.4. The van der Waals surface area contributed by atoms with Crippen molar-refractivity contribution in [2.24, 2.45) is 0 Å². The Morgan fingerprint density at radius 2 is 2.23 bits per heavy atom. The number of aryl methyl sites for hydroxylation is 1. The number of esters is 1. The van der Waals surface area contributed by atoms with Crippen LogP contribution in [0.4, 0.5) is 4.79 Å². The average Bonchev–Trinajstić information content (AvgIpc) is 3.23. The number of ether oxygens (including phenoxy) is 1. The Bertz CT molecular complexity index is 848. The van der Waals surface area contributed by atoms with Crippen molar-refractivity contribution in [3.8, 4) is 10.6 Å². The summed E-state index contributed by atoms with van der Waals surface area (Å²) in [5, 5.41) is 5.17. The van der Waals surface area contributed by atoms with E-state index in [4.69, 9.17) is 4.74 Å². The van der Waals surface area contributed by atoms with Gasteiger partial charge in [-0.3, -0.25) is 14.5 Å². The van der Waals surface area contributed by atoms with E-state index in [1.807, 2.05) is 31.2 Å². The summed E-state index contributed by atoms with van der Waals surface area (Å²) in [6, 6.07) is 7.51. The standard InChI is InChI=1S/C18H19N3O4S/c1-11-4-3-5-13(8-11)16-20-14(10-26-16)9-15(22)25-12(2)17(23)21-7-6-19-18(21)24/h3-5,8,10,12H,6-7,9H2,1-2H3,(H,19,24)/t12-/m1/s1. The van der Waals surface area contributed by atoms with Crippen molar-refractivity contribution in [2.45, 2.75) is 26.4 Å². The fourth-order valence-corrected chi connectivity index (χ4v) is 3.45. The summed E-state index contributed by atoms with van der Waals surface area (Å²) in [6.45, 7) is 4.16. The van der Waals surface area contributed by atoms with Crippen molar-refractivity contribution in [1.82, 2.24) is 15.2 Å². The summed E-state index contributed by atoms with van der Waals surface area (Å²) in [7, 11) is 0. The molecule has 0 bridgehead atoms. The van der Waals surface area contributed by atoms with Gasteiger partial charge >= 0.3 is 12.0 Å². The van der Waals surface area contributed by atoms with Crippen LogP contribution in [0, 0.1) is 6.92 Å². The number of carbonyl (C=O) groups excluding carboxylic acids is 3. The van der Waals surface area contributed by atoms with Gasteiger partial charge in [-0.2, -0.15) is 0 Å². The molecule has 7 nitrogen and oxygen atoms in total. The number of hydrogen-bond acceptors (Lipinski definition) is 6. The molecule has 3 rings (SSSR count). The average molecular weight is 373 g/mol. The molecular formula is C18H19N3O4S. The highest BCUT2D eigenvalue weighted by Crippen LogP contribution is 2.24. The Morgan fingerprint density at radius 1 is 1.42 bits per heavy atom. The lowest BCUT2D eigenvalue weighted by Crippen LogP contribution is -2.42. The maximum Gasteiger partial charge on any atom is 0.324 e. The van der Waals surface area contributed by atoms with E-state index in [1.54, 1.807) is 5.38 Å². The van der Waals surface area contributed by atoms with Gasteiger partial charge in [-0.1, -0.05) is 23.8 Å². The van der Waals surface area contributed by atoms with E-state index in [0.717, 1.165) is 21.0 Å². The number of aromatic nitrogens is 1. The zero-order valence-electron chi connectivity index (χ0n) is 14.5. The number of amides is 3. The van der Waals surface area contributed by atoms with Crippen LogP contribution in [-0.4, -0.2) is 47.0 Å². The molecule has 1 atom stereocenters. The molecule has 8 heteroatoms. The fourth-order valence-electron chi connectivity index (χ4n) is 2.64. The molecule has 0 unspecified atom stereocenters. The quantitative estimate of drug-likeness (QED) is 0.811. The van der Waals surface area contributed by atoms with Gasteiger partial charge in [-0.25, -0.2) is 9.78 Å². The summed E-state index contributed by atoms with van der Waals surface area (Å²) in [4.78, 5) is 41.3. The van der Waals surface area contributed by atoms with Crippen molar-refractivity contribution < 1.29 is 19.1 Å². The van der Waals surface area contributed by atoms with Gasteiger partial charge in [-0.15, -0.1) is 11.3 Å². The molecule has 1 aromatic heterocycles. The second-order valence-corrected chi connectivity index (χ2v) is 6.90. The SMILES string of the molecule is Cc1cccc(-c2nc(CC(=O)O[C@H](C)C(=O)N3CCNC3=O)cs2)c1. The van der Waals surface area contributed by atoms with E-state index in [-0.39, 0.29) is 13.0 Å².